The van der Waals surface area contributed by atoms with Crippen molar-refractivity contribution in [2.75, 3.05) is 25.4 Å². The monoisotopic (exact) mass is 240 g/mol. The van der Waals surface area contributed by atoms with E-state index in [9.17, 15) is 0 Å². The molecule has 3 saturated heterocycles. The summed E-state index contributed by atoms with van der Waals surface area (Å²) in [4.78, 5) is 2.70. The molecule has 16 heavy (non-hydrogen) atoms. The Hall–Kier alpha value is 0.270. The Morgan fingerprint density at radius 1 is 1.06 bits per heavy atom. The second-order valence-corrected chi connectivity index (χ2v) is 6.95. The predicted molar refractivity (Wildman–Crippen MR) is 71.1 cm³/mol. The molecular weight excluding hydrogens is 216 g/mol. The van der Waals surface area contributed by atoms with E-state index in [1.54, 1.807) is 0 Å². The van der Waals surface area contributed by atoms with Gasteiger partial charge >= 0.3 is 0 Å². The van der Waals surface area contributed by atoms with Gasteiger partial charge in [-0.25, -0.2) is 0 Å². The predicted octanol–water partition coefficient (Wildman–Crippen LogP) is 2.10. The average Bonchev–Trinajstić information content (AvgIpc) is 2.90. The maximum Gasteiger partial charge on any atom is 0.0250 e. The van der Waals surface area contributed by atoms with Gasteiger partial charge in [0.15, 0.2) is 0 Å². The quantitative estimate of drug-likeness (QED) is 0.813. The Balaban J connectivity index is 1.44. The molecule has 0 bridgehead atoms. The third kappa shape index (κ3) is 2.41. The van der Waals surface area contributed by atoms with Crippen LogP contribution in [0, 0.1) is 0 Å². The first-order valence-electron chi connectivity index (χ1n) is 7.02. The summed E-state index contributed by atoms with van der Waals surface area (Å²) in [5, 5.41) is 4.77. The second kappa shape index (κ2) is 5.28. The van der Waals surface area contributed by atoms with Crippen molar-refractivity contribution in [2.45, 2.75) is 55.9 Å². The number of fused-ring (bicyclic) bond motifs is 1. The van der Waals surface area contributed by atoms with Gasteiger partial charge in [0.1, 0.15) is 0 Å². The molecule has 3 atom stereocenters. The number of nitrogens with one attached hydrogen (secondary N) is 1. The van der Waals surface area contributed by atoms with Gasteiger partial charge in [0.05, 0.1) is 0 Å². The molecule has 0 saturated carbocycles. The zero-order valence-corrected chi connectivity index (χ0v) is 11.0. The maximum absolute atomic E-state index is 3.86. The van der Waals surface area contributed by atoms with Crippen molar-refractivity contribution in [3.05, 3.63) is 0 Å². The number of thioether (sulfide) groups is 1. The molecule has 92 valence electrons. The summed E-state index contributed by atoms with van der Waals surface area (Å²) in [5.74, 6) is 1.40. The van der Waals surface area contributed by atoms with Gasteiger partial charge in [0, 0.05) is 30.4 Å². The summed E-state index contributed by atoms with van der Waals surface area (Å²) >= 11 is 2.20. The Kier molecular flexibility index (Phi) is 3.75. The van der Waals surface area contributed by atoms with Gasteiger partial charge in [-0.3, -0.25) is 4.90 Å². The molecule has 3 heteroatoms. The lowest BCUT2D eigenvalue weighted by atomic mass is 10.1. The molecule has 3 unspecified atom stereocenters. The van der Waals surface area contributed by atoms with Crippen molar-refractivity contribution in [1.29, 1.82) is 0 Å². The number of hydrogen-bond acceptors (Lipinski definition) is 3. The van der Waals surface area contributed by atoms with Crippen molar-refractivity contribution in [2.24, 2.45) is 0 Å². The molecule has 0 aromatic rings. The Labute approximate surface area is 104 Å². The molecule has 3 aliphatic rings. The van der Waals surface area contributed by atoms with E-state index in [2.05, 4.69) is 22.0 Å². The van der Waals surface area contributed by atoms with Crippen molar-refractivity contribution in [3.63, 3.8) is 0 Å². The van der Waals surface area contributed by atoms with Gasteiger partial charge in [-0.1, -0.05) is 6.42 Å². The molecule has 3 aliphatic heterocycles. The van der Waals surface area contributed by atoms with E-state index in [4.69, 9.17) is 0 Å². The van der Waals surface area contributed by atoms with Crippen LogP contribution >= 0.6 is 11.8 Å². The fraction of sp³-hybridized carbons (Fsp3) is 1.00. The van der Waals surface area contributed by atoms with E-state index < -0.39 is 0 Å². The standard InChI is InChI=1S/C13H24N2S/c1-2-9-16-11(4-1)10-14-12-6-8-15-7-3-5-13(12)15/h11-14H,1-10H2. The molecule has 0 amide bonds. The molecule has 0 radical (unpaired) electrons. The third-order valence-electron chi connectivity index (χ3n) is 4.49. The van der Waals surface area contributed by atoms with Crippen molar-refractivity contribution in [3.8, 4) is 0 Å². The van der Waals surface area contributed by atoms with Gasteiger partial charge in [0.25, 0.3) is 0 Å². The first-order chi connectivity index (χ1) is 7.93. The molecule has 0 aromatic carbocycles. The van der Waals surface area contributed by atoms with E-state index in [1.165, 1.54) is 63.9 Å². The van der Waals surface area contributed by atoms with Crippen LogP contribution in [-0.2, 0) is 0 Å². The highest BCUT2D eigenvalue weighted by molar-refractivity contribution is 7.99. The normalized spacial score (nSPS) is 40.1. The summed E-state index contributed by atoms with van der Waals surface area (Å²) in [6, 6.07) is 1.69. The molecule has 3 heterocycles. The number of nitrogens with zero attached hydrogens (tertiary/aromatic N) is 1. The zero-order valence-electron chi connectivity index (χ0n) is 10.2. The fourth-order valence-electron chi connectivity index (χ4n) is 3.57. The van der Waals surface area contributed by atoms with Crippen LogP contribution in [0.1, 0.15) is 38.5 Å². The van der Waals surface area contributed by atoms with Crippen LogP contribution in [0.15, 0.2) is 0 Å². The van der Waals surface area contributed by atoms with Gasteiger partial charge in [-0.05, 0) is 44.4 Å². The first-order valence-corrected chi connectivity index (χ1v) is 8.07. The Morgan fingerprint density at radius 2 is 2.06 bits per heavy atom. The van der Waals surface area contributed by atoms with Crippen molar-refractivity contribution < 1.29 is 0 Å². The Bertz CT molecular complexity index is 228. The van der Waals surface area contributed by atoms with Crippen LogP contribution in [0.4, 0.5) is 0 Å². The van der Waals surface area contributed by atoms with Crippen molar-refractivity contribution >= 4 is 11.8 Å². The molecule has 3 rings (SSSR count). The average molecular weight is 240 g/mol. The summed E-state index contributed by atoms with van der Waals surface area (Å²) in [6.45, 7) is 3.97. The molecule has 0 aliphatic carbocycles. The van der Waals surface area contributed by atoms with Gasteiger partial charge in [-0.15, -0.1) is 0 Å². The van der Waals surface area contributed by atoms with Crippen LogP contribution in [0.3, 0.4) is 0 Å². The van der Waals surface area contributed by atoms with Crippen LogP contribution in [-0.4, -0.2) is 47.6 Å². The minimum absolute atomic E-state index is 0.810. The molecule has 0 aromatic heterocycles. The highest BCUT2D eigenvalue weighted by atomic mass is 32.2. The molecule has 0 spiro atoms. The number of hydrogen-bond donors (Lipinski definition) is 1. The molecule has 2 nitrogen and oxygen atoms in total. The lowest BCUT2D eigenvalue weighted by Gasteiger charge is -2.26. The first kappa shape index (κ1) is 11.4. The van der Waals surface area contributed by atoms with E-state index in [-0.39, 0.29) is 0 Å². The minimum Gasteiger partial charge on any atom is -0.311 e. The van der Waals surface area contributed by atoms with Crippen LogP contribution in [0.2, 0.25) is 0 Å². The van der Waals surface area contributed by atoms with Gasteiger partial charge in [-0.2, -0.15) is 11.8 Å². The maximum atomic E-state index is 3.86. The van der Waals surface area contributed by atoms with Crippen molar-refractivity contribution in [1.82, 2.24) is 10.2 Å². The lowest BCUT2D eigenvalue weighted by molar-refractivity contribution is 0.299. The van der Waals surface area contributed by atoms with Gasteiger partial charge < -0.3 is 5.32 Å². The number of rotatable bonds is 3. The van der Waals surface area contributed by atoms with E-state index in [0.29, 0.717) is 0 Å². The van der Waals surface area contributed by atoms with Crippen LogP contribution in [0.5, 0.6) is 0 Å². The molecule has 3 fully saturated rings. The van der Waals surface area contributed by atoms with E-state index in [0.717, 1.165) is 17.3 Å². The largest absolute Gasteiger partial charge is 0.311 e. The second-order valence-electron chi connectivity index (χ2n) is 5.54. The van der Waals surface area contributed by atoms with Crippen LogP contribution < -0.4 is 5.32 Å². The Morgan fingerprint density at radius 3 is 2.94 bits per heavy atom. The third-order valence-corrected chi connectivity index (χ3v) is 5.89. The highest BCUT2D eigenvalue weighted by Crippen LogP contribution is 2.29. The highest BCUT2D eigenvalue weighted by Gasteiger charge is 2.36. The summed E-state index contributed by atoms with van der Waals surface area (Å²) in [5.41, 5.74) is 0. The summed E-state index contributed by atoms with van der Waals surface area (Å²) < 4.78 is 0. The lowest BCUT2D eigenvalue weighted by Crippen LogP contribution is -2.42. The summed E-state index contributed by atoms with van der Waals surface area (Å²) in [7, 11) is 0. The van der Waals surface area contributed by atoms with E-state index >= 15 is 0 Å². The minimum atomic E-state index is 0.810. The zero-order chi connectivity index (χ0) is 10.8. The molecular formula is C13H24N2S. The van der Waals surface area contributed by atoms with E-state index in [1.807, 2.05) is 0 Å². The molecule has 1 N–H and O–H groups in total. The van der Waals surface area contributed by atoms with Crippen LogP contribution in [0.25, 0.3) is 0 Å². The smallest absolute Gasteiger partial charge is 0.0250 e. The topological polar surface area (TPSA) is 15.3 Å². The fourth-order valence-corrected chi connectivity index (χ4v) is 4.82. The van der Waals surface area contributed by atoms with Gasteiger partial charge in [0.2, 0.25) is 0 Å². The summed E-state index contributed by atoms with van der Waals surface area (Å²) in [6.07, 6.45) is 8.61. The SMILES string of the molecule is C1CCC(CNC2CCN3CCCC23)SC1.